The molecule has 2 rings (SSSR count). The summed E-state index contributed by atoms with van der Waals surface area (Å²) in [5.74, 6) is 0.353. The van der Waals surface area contributed by atoms with E-state index >= 15 is 0 Å². The van der Waals surface area contributed by atoms with Gasteiger partial charge in [0.2, 0.25) is 5.91 Å². The third kappa shape index (κ3) is 4.43. The molecule has 1 saturated heterocycles. The third-order valence-corrected chi connectivity index (χ3v) is 4.03. The first-order valence-corrected chi connectivity index (χ1v) is 7.42. The van der Waals surface area contributed by atoms with Crippen LogP contribution in [0, 0.1) is 11.7 Å². The van der Waals surface area contributed by atoms with Gasteiger partial charge in [0.1, 0.15) is 0 Å². The molecule has 2 atom stereocenters. The second-order valence-corrected chi connectivity index (χ2v) is 5.61. The van der Waals surface area contributed by atoms with Crippen LogP contribution in [-0.2, 0) is 11.2 Å². The number of methoxy groups -OCH3 is 1. The number of carbonyl (C=O) groups is 1. The first-order chi connectivity index (χ1) is 10.1. The SMILES string of the molecule is COc1ccc(CCC(=O)NC2CNCCC2C)cc1F. The molecule has 5 heteroatoms. The van der Waals surface area contributed by atoms with Crippen LogP contribution in [0.25, 0.3) is 0 Å². The van der Waals surface area contributed by atoms with Gasteiger partial charge >= 0.3 is 0 Å². The molecule has 0 radical (unpaired) electrons. The zero-order valence-corrected chi connectivity index (χ0v) is 12.6. The molecule has 0 saturated carbocycles. The van der Waals surface area contributed by atoms with E-state index in [9.17, 15) is 9.18 Å². The van der Waals surface area contributed by atoms with Crippen molar-refractivity contribution < 1.29 is 13.9 Å². The van der Waals surface area contributed by atoms with Crippen LogP contribution < -0.4 is 15.4 Å². The topological polar surface area (TPSA) is 50.4 Å². The summed E-state index contributed by atoms with van der Waals surface area (Å²) < 4.78 is 18.4. The normalized spacial score (nSPS) is 21.9. The molecule has 1 aromatic rings. The quantitative estimate of drug-likeness (QED) is 0.872. The van der Waals surface area contributed by atoms with Crippen molar-refractivity contribution in [1.29, 1.82) is 0 Å². The number of halogens is 1. The van der Waals surface area contributed by atoms with Crippen LogP contribution in [0.15, 0.2) is 18.2 Å². The summed E-state index contributed by atoms with van der Waals surface area (Å²) in [6.07, 6.45) is 1.98. The summed E-state index contributed by atoms with van der Waals surface area (Å²) in [6, 6.07) is 5.01. The molecular formula is C16H23FN2O2. The fourth-order valence-corrected chi connectivity index (χ4v) is 2.59. The summed E-state index contributed by atoms with van der Waals surface area (Å²) in [5, 5.41) is 6.34. The monoisotopic (exact) mass is 294 g/mol. The fourth-order valence-electron chi connectivity index (χ4n) is 2.59. The van der Waals surface area contributed by atoms with Crippen LogP contribution in [-0.4, -0.2) is 32.1 Å². The number of rotatable bonds is 5. The van der Waals surface area contributed by atoms with Crippen LogP contribution in [0.4, 0.5) is 4.39 Å². The highest BCUT2D eigenvalue weighted by atomic mass is 19.1. The van der Waals surface area contributed by atoms with E-state index in [2.05, 4.69) is 17.6 Å². The van der Waals surface area contributed by atoms with Gasteiger partial charge in [-0.1, -0.05) is 13.0 Å². The number of aryl methyl sites for hydroxylation is 1. The van der Waals surface area contributed by atoms with Crippen LogP contribution >= 0.6 is 0 Å². The molecule has 1 fully saturated rings. The lowest BCUT2D eigenvalue weighted by Gasteiger charge is -2.30. The van der Waals surface area contributed by atoms with Crippen molar-refractivity contribution in [1.82, 2.24) is 10.6 Å². The molecule has 21 heavy (non-hydrogen) atoms. The largest absolute Gasteiger partial charge is 0.494 e. The van der Waals surface area contributed by atoms with Crippen molar-refractivity contribution >= 4 is 5.91 Å². The number of carbonyl (C=O) groups excluding carboxylic acids is 1. The van der Waals surface area contributed by atoms with Crippen LogP contribution in [0.5, 0.6) is 5.75 Å². The smallest absolute Gasteiger partial charge is 0.220 e. The first kappa shape index (κ1) is 15.8. The van der Waals surface area contributed by atoms with Crippen molar-refractivity contribution in [3.05, 3.63) is 29.6 Å². The van der Waals surface area contributed by atoms with Gasteiger partial charge in [0.05, 0.1) is 7.11 Å². The lowest BCUT2D eigenvalue weighted by Crippen LogP contribution is -2.50. The van der Waals surface area contributed by atoms with E-state index in [1.54, 1.807) is 12.1 Å². The highest BCUT2D eigenvalue weighted by Gasteiger charge is 2.22. The second kappa shape index (κ2) is 7.41. The van der Waals surface area contributed by atoms with Gasteiger partial charge in [0, 0.05) is 19.0 Å². The van der Waals surface area contributed by atoms with Gasteiger partial charge in [-0.05, 0) is 43.0 Å². The van der Waals surface area contributed by atoms with Gasteiger partial charge in [0.15, 0.2) is 11.6 Å². The van der Waals surface area contributed by atoms with E-state index in [1.165, 1.54) is 13.2 Å². The van der Waals surface area contributed by atoms with Gasteiger partial charge in [-0.25, -0.2) is 4.39 Å². The van der Waals surface area contributed by atoms with Gasteiger partial charge < -0.3 is 15.4 Å². The van der Waals surface area contributed by atoms with Crippen LogP contribution in [0.3, 0.4) is 0 Å². The Hall–Kier alpha value is -1.62. The maximum atomic E-state index is 13.6. The number of piperidine rings is 1. The van der Waals surface area contributed by atoms with Crippen LogP contribution in [0.1, 0.15) is 25.3 Å². The predicted molar refractivity (Wildman–Crippen MR) is 79.9 cm³/mol. The predicted octanol–water partition coefficient (Wildman–Crippen LogP) is 1.88. The molecule has 0 aliphatic carbocycles. The molecule has 2 N–H and O–H groups in total. The van der Waals surface area contributed by atoms with E-state index in [0.717, 1.165) is 25.1 Å². The fraction of sp³-hybridized carbons (Fsp3) is 0.562. The Morgan fingerprint density at radius 1 is 1.52 bits per heavy atom. The molecule has 1 aromatic carbocycles. The first-order valence-electron chi connectivity index (χ1n) is 7.42. The molecular weight excluding hydrogens is 271 g/mol. The van der Waals surface area contributed by atoms with Crippen molar-refractivity contribution in [2.75, 3.05) is 20.2 Å². The minimum Gasteiger partial charge on any atom is -0.494 e. The van der Waals surface area contributed by atoms with Crippen molar-refractivity contribution in [3.8, 4) is 5.75 Å². The van der Waals surface area contributed by atoms with E-state index in [0.29, 0.717) is 18.8 Å². The molecule has 0 spiro atoms. The standard InChI is InChI=1S/C16H23FN2O2/c1-11-7-8-18-10-14(11)19-16(20)6-4-12-3-5-15(21-2)13(17)9-12/h3,5,9,11,14,18H,4,6-8,10H2,1-2H3,(H,19,20). The number of amides is 1. The number of hydrogen-bond acceptors (Lipinski definition) is 3. The van der Waals surface area contributed by atoms with Crippen molar-refractivity contribution in [2.24, 2.45) is 5.92 Å². The second-order valence-electron chi connectivity index (χ2n) is 5.61. The lowest BCUT2D eigenvalue weighted by atomic mass is 9.94. The van der Waals surface area contributed by atoms with Gasteiger partial charge in [-0.3, -0.25) is 4.79 Å². The summed E-state index contributed by atoms with van der Waals surface area (Å²) >= 11 is 0. The Morgan fingerprint density at radius 3 is 3.00 bits per heavy atom. The highest BCUT2D eigenvalue weighted by molar-refractivity contribution is 5.76. The Bertz CT molecular complexity index is 493. The summed E-state index contributed by atoms with van der Waals surface area (Å²) in [6.45, 7) is 3.99. The Morgan fingerprint density at radius 2 is 2.33 bits per heavy atom. The minimum absolute atomic E-state index is 0.0202. The van der Waals surface area contributed by atoms with E-state index in [-0.39, 0.29) is 23.5 Å². The highest BCUT2D eigenvalue weighted by Crippen LogP contribution is 2.18. The third-order valence-electron chi connectivity index (χ3n) is 4.03. The van der Waals surface area contributed by atoms with Gasteiger partial charge in [-0.15, -0.1) is 0 Å². The molecule has 2 unspecified atom stereocenters. The molecule has 1 heterocycles. The molecule has 0 bridgehead atoms. The Balaban J connectivity index is 1.82. The van der Waals surface area contributed by atoms with Gasteiger partial charge in [0.25, 0.3) is 0 Å². The summed E-state index contributed by atoms with van der Waals surface area (Å²) in [5.41, 5.74) is 0.804. The van der Waals surface area contributed by atoms with Crippen molar-refractivity contribution in [3.63, 3.8) is 0 Å². The van der Waals surface area contributed by atoms with E-state index in [1.807, 2.05) is 0 Å². The number of ether oxygens (including phenoxy) is 1. The average Bonchev–Trinajstić information content (AvgIpc) is 2.48. The number of hydrogen-bond donors (Lipinski definition) is 2. The Labute approximate surface area is 125 Å². The van der Waals surface area contributed by atoms with Crippen LogP contribution in [0.2, 0.25) is 0 Å². The summed E-state index contributed by atoms with van der Waals surface area (Å²) in [4.78, 5) is 12.0. The minimum atomic E-state index is -0.388. The maximum absolute atomic E-state index is 13.6. The molecule has 116 valence electrons. The zero-order chi connectivity index (χ0) is 15.2. The molecule has 1 amide bonds. The summed E-state index contributed by atoms with van der Waals surface area (Å²) in [7, 11) is 1.44. The Kier molecular flexibility index (Phi) is 5.56. The van der Waals surface area contributed by atoms with E-state index < -0.39 is 0 Å². The lowest BCUT2D eigenvalue weighted by molar-refractivity contribution is -0.122. The molecule has 1 aliphatic heterocycles. The molecule has 0 aromatic heterocycles. The van der Waals surface area contributed by atoms with E-state index in [4.69, 9.17) is 4.74 Å². The average molecular weight is 294 g/mol. The van der Waals surface area contributed by atoms with Gasteiger partial charge in [-0.2, -0.15) is 0 Å². The number of benzene rings is 1. The zero-order valence-electron chi connectivity index (χ0n) is 12.6. The maximum Gasteiger partial charge on any atom is 0.220 e. The van der Waals surface area contributed by atoms with Crippen molar-refractivity contribution in [2.45, 2.75) is 32.2 Å². The molecule has 1 aliphatic rings. The number of nitrogens with one attached hydrogen (secondary N) is 2. The molecule has 4 nitrogen and oxygen atoms in total.